The Balaban J connectivity index is 1.92. The van der Waals surface area contributed by atoms with Crippen molar-refractivity contribution in [2.45, 2.75) is 6.04 Å². The van der Waals surface area contributed by atoms with E-state index in [1.807, 2.05) is 30.3 Å². The predicted molar refractivity (Wildman–Crippen MR) is 69.3 cm³/mol. The van der Waals surface area contributed by atoms with Crippen molar-refractivity contribution in [2.75, 3.05) is 13.3 Å². The van der Waals surface area contributed by atoms with Gasteiger partial charge in [-0.05, 0) is 10.7 Å². The van der Waals surface area contributed by atoms with Crippen molar-refractivity contribution in [2.24, 2.45) is 10.7 Å². The van der Waals surface area contributed by atoms with Crippen molar-refractivity contribution in [3.05, 3.63) is 47.8 Å². The molecule has 0 aliphatic rings. The fourth-order valence-corrected chi connectivity index (χ4v) is 1.57. The summed E-state index contributed by atoms with van der Waals surface area (Å²) in [5.74, 6) is 0.235. The maximum Gasteiger partial charge on any atom is 0.169 e. The smallest absolute Gasteiger partial charge is 0.169 e. The van der Waals surface area contributed by atoms with Crippen molar-refractivity contribution in [1.82, 2.24) is 15.6 Å². The molecular weight excluding hydrogens is 246 g/mol. The van der Waals surface area contributed by atoms with Crippen LogP contribution in [0.25, 0.3) is 0 Å². The average molecular weight is 261 g/mol. The molecule has 100 valence electrons. The van der Waals surface area contributed by atoms with Crippen LogP contribution in [0.3, 0.4) is 0 Å². The predicted octanol–water partition coefficient (Wildman–Crippen LogP) is 0.0556. The van der Waals surface area contributed by atoms with Gasteiger partial charge >= 0.3 is 0 Å². The fourth-order valence-electron chi connectivity index (χ4n) is 1.57. The van der Waals surface area contributed by atoms with Gasteiger partial charge in [-0.3, -0.25) is 10.3 Å². The summed E-state index contributed by atoms with van der Waals surface area (Å²) in [6.07, 6.45) is 1.39. The van der Waals surface area contributed by atoms with E-state index in [2.05, 4.69) is 25.3 Å². The van der Waals surface area contributed by atoms with Gasteiger partial charge in [0, 0.05) is 0 Å². The van der Waals surface area contributed by atoms with Gasteiger partial charge in [-0.15, -0.1) is 0 Å². The molecule has 19 heavy (non-hydrogen) atoms. The van der Waals surface area contributed by atoms with E-state index in [-0.39, 0.29) is 25.2 Å². The van der Waals surface area contributed by atoms with Crippen molar-refractivity contribution in [3.8, 4) is 0 Å². The second-order valence-electron chi connectivity index (χ2n) is 3.84. The van der Waals surface area contributed by atoms with E-state index in [1.165, 1.54) is 6.20 Å². The second-order valence-corrected chi connectivity index (χ2v) is 3.84. The van der Waals surface area contributed by atoms with Gasteiger partial charge in [0.25, 0.3) is 0 Å². The molecule has 0 amide bonds. The number of amidine groups is 1. The van der Waals surface area contributed by atoms with Gasteiger partial charge in [-0.2, -0.15) is 0 Å². The molecule has 1 aromatic heterocycles. The van der Waals surface area contributed by atoms with Crippen LogP contribution >= 0.6 is 0 Å². The van der Waals surface area contributed by atoms with Gasteiger partial charge in [0.1, 0.15) is 6.20 Å². The zero-order chi connectivity index (χ0) is 13.5. The molecule has 0 unspecified atom stereocenters. The lowest BCUT2D eigenvalue weighted by Crippen LogP contribution is -2.26. The quantitative estimate of drug-likeness (QED) is 0.501. The Morgan fingerprint density at radius 2 is 2.21 bits per heavy atom. The number of aromatic nitrogens is 2. The number of rotatable bonds is 6. The zero-order valence-electron chi connectivity index (χ0n) is 10.2. The van der Waals surface area contributed by atoms with E-state index in [0.29, 0.717) is 5.69 Å². The normalized spacial score (nSPS) is 13.4. The maximum absolute atomic E-state index is 9.35. The van der Waals surface area contributed by atoms with Gasteiger partial charge in [-0.25, -0.2) is 4.63 Å². The van der Waals surface area contributed by atoms with Crippen molar-refractivity contribution in [1.29, 1.82) is 0 Å². The number of hydrogen-bond donors (Lipinski definition) is 3. The van der Waals surface area contributed by atoms with Crippen LogP contribution in [0.2, 0.25) is 0 Å². The van der Waals surface area contributed by atoms with Crippen LogP contribution in [0, 0.1) is 0 Å². The van der Waals surface area contributed by atoms with Crippen molar-refractivity contribution < 1.29 is 9.74 Å². The van der Waals surface area contributed by atoms with E-state index in [1.54, 1.807) is 0 Å². The molecule has 0 saturated heterocycles. The zero-order valence-corrected chi connectivity index (χ0v) is 10.2. The number of aliphatic hydroxyl groups is 1. The number of nitrogens with zero attached hydrogens (tertiary/aromatic N) is 3. The van der Waals surface area contributed by atoms with E-state index in [9.17, 15) is 5.11 Å². The third-order valence-corrected chi connectivity index (χ3v) is 2.60. The molecule has 0 fully saturated rings. The molecule has 0 aliphatic heterocycles. The SMILES string of the molecule is NC(=NCN[C@@H](CO)c1ccccc1)c1cnon1. The van der Waals surface area contributed by atoms with Crippen LogP contribution in [0.5, 0.6) is 0 Å². The highest BCUT2D eigenvalue weighted by Crippen LogP contribution is 2.10. The van der Waals surface area contributed by atoms with E-state index in [4.69, 9.17) is 5.73 Å². The molecule has 1 atom stereocenters. The molecule has 0 saturated carbocycles. The lowest BCUT2D eigenvalue weighted by molar-refractivity contribution is 0.246. The Kier molecular flexibility index (Phi) is 4.60. The third kappa shape index (κ3) is 3.60. The summed E-state index contributed by atoms with van der Waals surface area (Å²) in [7, 11) is 0. The van der Waals surface area contributed by atoms with Gasteiger partial charge in [0.2, 0.25) is 0 Å². The maximum atomic E-state index is 9.35. The molecule has 2 aromatic rings. The Labute approximate surface area is 110 Å². The molecule has 7 heteroatoms. The Morgan fingerprint density at radius 1 is 1.42 bits per heavy atom. The molecule has 7 nitrogen and oxygen atoms in total. The number of nitrogens with two attached hydrogens (primary N) is 1. The van der Waals surface area contributed by atoms with Crippen molar-refractivity contribution >= 4 is 5.84 Å². The van der Waals surface area contributed by atoms with Crippen LogP contribution in [-0.2, 0) is 0 Å². The van der Waals surface area contributed by atoms with Crippen LogP contribution in [0.15, 0.2) is 46.2 Å². The molecule has 1 heterocycles. The summed E-state index contributed by atoms with van der Waals surface area (Å²) in [5, 5.41) is 19.4. The molecule has 0 radical (unpaired) electrons. The third-order valence-electron chi connectivity index (χ3n) is 2.60. The van der Waals surface area contributed by atoms with Gasteiger partial charge in [0.05, 0.1) is 19.3 Å². The fraction of sp³-hybridized carbons (Fsp3) is 0.250. The highest BCUT2D eigenvalue weighted by atomic mass is 16.6. The van der Waals surface area contributed by atoms with Gasteiger partial charge < -0.3 is 10.8 Å². The summed E-state index contributed by atoms with van der Waals surface area (Å²) in [6.45, 7) is 0.240. The Bertz CT molecular complexity index is 512. The summed E-state index contributed by atoms with van der Waals surface area (Å²) in [5.41, 5.74) is 7.07. The standard InChI is InChI=1S/C12H15N5O2/c13-12(10-6-16-19-17-10)15-8-14-11(7-18)9-4-2-1-3-5-9/h1-6,11,14,18H,7-8H2,(H2,13,15)/t11-/m0/s1. The topological polar surface area (TPSA) is 110 Å². The number of benzene rings is 1. The highest BCUT2D eigenvalue weighted by Gasteiger charge is 2.08. The van der Waals surface area contributed by atoms with Crippen LogP contribution in [0.4, 0.5) is 0 Å². The van der Waals surface area contributed by atoms with Gasteiger partial charge in [-0.1, -0.05) is 35.5 Å². The monoisotopic (exact) mass is 261 g/mol. The molecule has 1 aromatic carbocycles. The van der Waals surface area contributed by atoms with E-state index in [0.717, 1.165) is 5.56 Å². The Morgan fingerprint density at radius 3 is 2.84 bits per heavy atom. The minimum Gasteiger partial charge on any atom is -0.394 e. The highest BCUT2D eigenvalue weighted by molar-refractivity contribution is 5.95. The van der Waals surface area contributed by atoms with E-state index < -0.39 is 0 Å². The summed E-state index contributed by atoms with van der Waals surface area (Å²) < 4.78 is 4.43. The average Bonchev–Trinajstić information content (AvgIpc) is 2.98. The number of nitrogens with one attached hydrogen (secondary N) is 1. The summed E-state index contributed by atoms with van der Waals surface area (Å²) in [6, 6.07) is 9.43. The molecule has 2 rings (SSSR count). The number of aliphatic hydroxyl groups excluding tert-OH is 1. The molecule has 0 spiro atoms. The molecule has 4 N–H and O–H groups in total. The first-order valence-electron chi connectivity index (χ1n) is 5.78. The van der Waals surface area contributed by atoms with Crippen LogP contribution in [-0.4, -0.2) is 34.5 Å². The Hall–Kier alpha value is -2.25. The second kappa shape index (κ2) is 6.62. The molecular formula is C12H15N5O2. The largest absolute Gasteiger partial charge is 0.394 e. The first-order chi connectivity index (χ1) is 9.31. The molecule has 0 aliphatic carbocycles. The minimum absolute atomic E-state index is 0.0229. The lowest BCUT2D eigenvalue weighted by Gasteiger charge is -2.15. The van der Waals surface area contributed by atoms with E-state index >= 15 is 0 Å². The minimum atomic E-state index is -0.187. The van der Waals surface area contributed by atoms with Crippen LogP contribution < -0.4 is 11.1 Å². The first kappa shape index (κ1) is 13.2. The van der Waals surface area contributed by atoms with Gasteiger partial charge in [0.15, 0.2) is 11.5 Å². The summed E-state index contributed by atoms with van der Waals surface area (Å²) in [4.78, 5) is 4.09. The summed E-state index contributed by atoms with van der Waals surface area (Å²) >= 11 is 0. The number of aliphatic imine (C=N–C) groups is 1. The lowest BCUT2D eigenvalue weighted by atomic mass is 10.1. The van der Waals surface area contributed by atoms with Crippen LogP contribution in [0.1, 0.15) is 17.3 Å². The number of hydrogen-bond acceptors (Lipinski definition) is 6. The first-order valence-corrected chi connectivity index (χ1v) is 5.78. The molecule has 0 bridgehead atoms. The van der Waals surface area contributed by atoms with Crippen molar-refractivity contribution in [3.63, 3.8) is 0 Å².